The summed E-state index contributed by atoms with van der Waals surface area (Å²) >= 11 is 0. The van der Waals surface area contributed by atoms with Gasteiger partial charge in [0.2, 0.25) is 5.91 Å². The third kappa shape index (κ3) is 4.20. The molecule has 0 bridgehead atoms. The minimum Gasteiger partial charge on any atom is -0.493 e. The van der Waals surface area contributed by atoms with Crippen molar-refractivity contribution in [2.45, 2.75) is 25.5 Å². The molecule has 2 aromatic heterocycles. The number of amides is 1. The van der Waals surface area contributed by atoms with Crippen LogP contribution in [0.2, 0.25) is 0 Å². The number of pyridine rings is 1. The predicted molar refractivity (Wildman–Crippen MR) is 128 cm³/mol. The minimum absolute atomic E-state index is 0.0890. The van der Waals surface area contributed by atoms with E-state index in [4.69, 9.17) is 15.2 Å². The Bertz CT molecular complexity index is 1400. The van der Waals surface area contributed by atoms with Crippen LogP contribution in [0, 0.1) is 23.5 Å². The van der Waals surface area contributed by atoms with E-state index in [2.05, 4.69) is 28.5 Å². The smallest absolute Gasteiger partial charge is 0.246 e. The molecule has 0 radical (unpaired) electrons. The number of fused-ring (bicyclic) bond motifs is 1. The topological polar surface area (TPSA) is 116 Å². The maximum atomic E-state index is 14.9. The highest BCUT2D eigenvalue weighted by Gasteiger charge is 2.30. The molecule has 3 N–H and O–H groups in total. The summed E-state index contributed by atoms with van der Waals surface area (Å²) in [6, 6.07) is 0.837. The molecule has 0 aliphatic carbocycles. The number of nitrogens with two attached hydrogens (primary N) is 1. The molecule has 1 unspecified atom stereocenters. The number of nitrogens with zero attached hydrogens (tertiary/aromatic N) is 4. The van der Waals surface area contributed by atoms with Gasteiger partial charge < -0.3 is 25.2 Å². The van der Waals surface area contributed by atoms with Crippen LogP contribution in [0.5, 0.6) is 11.5 Å². The number of aromatic nitrogens is 3. The zero-order chi connectivity index (χ0) is 26.1. The van der Waals surface area contributed by atoms with Crippen molar-refractivity contribution < 1.29 is 28.2 Å². The first-order valence-electron chi connectivity index (χ1n) is 11.1. The van der Waals surface area contributed by atoms with Crippen LogP contribution in [0.4, 0.5) is 14.6 Å². The number of hydrogen-bond donors (Lipinski definition) is 2. The van der Waals surface area contributed by atoms with E-state index in [1.165, 1.54) is 26.5 Å². The van der Waals surface area contributed by atoms with Crippen molar-refractivity contribution in [3.63, 3.8) is 0 Å². The number of aliphatic hydroxyl groups excluding tert-OH is 1. The van der Waals surface area contributed by atoms with E-state index in [0.717, 1.165) is 6.07 Å². The Morgan fingerprint density at radius 1 is 1.31 bits per heavy atom. The lowest BCUT2D eigenvalue weighted by Gasteiger charge is -2.17. The minimum atomic E-state index is -0.989. The number of aliphatic hydroxyl groups is 1. The van der Waals surface area contributed by atoms with Crippen LogP contribution in [0.1, 0.15) is 42.3 Å². The van der Waals surface area contributed by atoms with Crippen molar-refractivity contribution in [3.8, 4) is 23.3 Å². The summed E-state index contributed by atoms with van der Waals surface area (Å²) in [4.78, 5) is 17.9. The standard InChI is InChI=1S/C25H25F2N5O4/c1-5-20(34)31-9-8-14(12-31)32-24-16(13(2)33)11-29-25(28)21(24)17(30-32)7-6-15-22(26)18(35-3)10-19(36-4)23(15)27/h5,10-11,13-14,33H,1,8-9,12H2,2-4H3,(H2,28,29)/t13-,14?/m0/s1. The van der Waals surface area contributed by atoms with E-state index < -0.39 is 23.3 Å². The van der Waals surface area contributed by atoms with Crippen LogP contribution < -0.4 is 15.2 Å². The molecule has 0 saturated carbocycles. The van der Waals surface area contributed by atoms with Gasteiger partial charge in [0.05, 0.1) is 37.3 Å². The van der Waals surface area contributed by atoms with Crippen molar-refractivity contribution in [1.29, 1.82) is 0 Å². The molecule has 2 atom stereocenters. The second-order valence-electron chi connectivity index (χ2n) is 8.26. The van der Waals surface area contributed by atoms with Gasteiger partial charge in [-0.1, -0.05) is 12.5 Å². The van der Waals surface area contributed by atoms with Gasteiger partial charge in [0.25, 0.3) is 0 Å². The molecule has 3 aromatic rings. The number of carbonyl (C=O) groups excluding carboxylic acids is 1. The molecular formula is C25H25F2N5O4. The number of anilines is 1. The van der Waals surface area contributed by atoms with E-state index in [9.17, 15) is 18.7 Å². The van der Waals surface area contributed by atoms with Gasteiger partial charge in [-0.25, -0.2) is 13.8 Å². The van der Waals surface area contributed by atoms with Crippen LogP contribution in [-0.4, -0.2) is 58.0 Å². The Balaban J connectivity index is 1.91. The first-order chi connectivity index (χ1) is 17.2. The van der Waals surface area contributed by atoms with Crippen molar-refractivity contribution in [1.82, 2.24) is 19.7 Å². The van der Waals surface area contributed by atoms with Crippen LogP contribution in [0.15, 0.2) is 24.9 Å². The molecule has 36 heavy (non-hydrogen) atoms. The second kappa shape index (κ2) is 9.83. The third-order valence-electron chi connectivity index (χ3n) is 6.11. The fraction of sp³-hybridized carbons (Fsp3) is 0.320. The molecule has 1 saturated heterocycles. The largest absolute Gasteiger partial charge is 0.493 e. The van der Waals surface area contributed by atoms with E-state index in [1.54, 1.807) is 16.5 Å². The molecule has 3 heterocycles. The number of likely N-dealkylation sites (tertiary alicyclic amines) is 1. The van der Waals surface area contributed by atoms with Crippen LogP contribution in [-0.2, 0) is 4.79 Å². The van der Waals surface area contributed by atoms with Gasteiger partial charge in [-0.05, 0) is 25.3 Å². The number of carbonyl (C=O) groups is 1. The monoisotopic (exact) mass is 497 g/mol. The first kappa shape index (κ1) is 24.9. The number of benzene rings is 1. The number of halogens is 2. The molecule has 1 aliphatic heterocycles. The lowest BCUT2D eigenvalue weighted by atomic mass is 10.1. The van der Waals surface area contributed by atoms with Crippen molar-refractivity contribution in [2.24, 2.45) is 0 Å². The molecule has 4 rings (SSSR count). The lowest BCUT2D eigenvalue weighted by molar-refractivity contribution is -0.125. The van der Waals surface area contributed by atoms with Crippen molar-refractivity contribution in [2.75, 3.05) is 33.0 Å². The van der Waals surface area contributed by atoms with E-state index in [0.29, 0.717) is 36.0 Å². The maximum absolute atomic E-state index is 14.9. The molecule has 1 amide bonds. The van der Waals surface area contributed by atoms with Gasteiger partial charge in [-0.2, -0.15) is 5.10 Å². The molecule has 1 aliphatic rings. The van der Waals surface area contributed by atoms with E-state index in [1.807, 2.05) is 0 Å². The molecule has 0 spiro atoms. The van der Waals surface area contributed by atoms with Gasteiger partial charge in [0.1, 0.15) is 17.1 Å². The highest BCUT2D eigenvalue weighted by Crippen LogP contribution is 2.35. The number of methoxy groups -OCH3 is 2. The number of rotatable bonds is 5. The summed E-state index contributed by atoms with van der Waals surface area (Å²) in [7, 11) is 2.49. The predicted octanol–water partition coefficient (Wildman–Crippen LogP) is 2.72. The number of hydrogen-bond acceptors (Lipinski definition) is 7. The van der Waals surface area contributed by atoms with Crippen molar-refractivity contribution >= 4 is 22.6 Å². The van der Waals surface area contributed by atoms with Gasteiger partial charge in [-0.15, -0.1) is 0 Å². The highest BCUT2D eigenvalue weighted by molar-refractivity contribution is 5.95. The SMILES string of the molecule is C=CC(=O)N1CCC(n2nc(C#Cc3c(F)c(OC)cc(OC)c3F)c3c(N)ncc([C@H](C)O)c32)C1. The quantitative estimate of drug-likeness (QED) is 0.411. The van der Waals surface area contributed by atoms with Crippen LogP contribution in [0.25, 0.3) is 10.9 Å². The van der Waals surface area contributed by atoms with Crippen LogP contribution >= 0.6 is 0 Å². The van der Waals surface area contributed by atoms with Gasteiger partial charge >= 0.3 is 0 Å². The number of nitrogen functional groups attached to an aromatic ring is 1. The summed E-state index contributed by atoms with van der Waals surface area (Å²) in [5, 5.41) is 15.3. The lowest BCUT2D eigenvalue weighted by Crippen LogP contribution is -2.27. The zero-order valence-corrected chi connectivity index (χ0v) is 20.0. The number of ether oxygens (including phenoxy) is 2. The average molecular weight is 498 g/mol. The Hall–Kier alpha value is -4.17. The molecule has 11 heteroatoms. The highest BCUT2D eigenvalue weighted by atomic mass is 19.1. The Kier molecular flexibility index (Phi) is 6.81. The fourth-order valence-electron chi connectivity index (χ4n) is 4.26. The Labute approximate surface area is 206 Å². The average Bonchev–Trinajstić information content (AvgIpc) is 3.49. The summed E-state index contributed by atoms with van der Waals surface area (Å²) in [6.07, 6.45) is 2.36. The molecule has 9 nitrogen and oxygen atoms in total. The fourth-order valence-corrected chi connectivity index (χ4v) is 4.26. The van der Waals surface area contributed by atoms with E-state index in [-0.39, 0.29) is 35.0 Å². The molecule has 188 valence electrons. The Morgan fingerprint density at radius 2 is 1.97 bits per heavy atom. The molecule has 1 fully saturated rings. The summed E-state index contributed by atoms with van der Waals surface area (Å²) in [6.45, 7) is 5.95. The summed E-state index contributed by atoms with van der Waals surface area (Å²) in [5.74, 6) is 2.65. The van der Waals surface area contributed by atoms with Crippen LogP contribution in [0.3, 0.4) is 0 Å². The first-order valence-corrected chi connectivity index (χ1v) is 11.1. The second-order valence-corrected chi connectivity index (χ2v) is 8.26. The van der Waals surface area contributed by atoms with Crippen molar-refractivity contribution in [3.05, 3.63) is 53.4 Å². The summed E-state index contributed by atoms with van der Waals surface area (Å²) in [5.41, 5.74) is 6.68. The van der Waals surface area contributed by atoms with Gasteiger partial charge in [-0.3, -0.25) is 9.48 Å². The van der Waals surface area contributed by atoms with Gasteiger partial charge in [0, 0.05) is 30.9 Å². The maximum Gasteiger partial charge on any atom is 0.246 e. The van der Waals surface area contributed by atoms with E-state index >= 15 is 0 Å². The molecular weight excluding hydrogens is 472 g/mol. The normalized spacial score (nSPS) is 15.9. The Morgan fingerprint density at radius 3 is 2.56 bits per heavy atom. The third-order valence-corrected chi connectivity index (χ3v) is 6.11. The molecule has 1 aromatic carbocycles. The summed E-state index contributed by atoms with van der Waals surface area (Å²) < 4.78 is 41.3. The zero-order valence-electron chi connectivity index (χ0n) is 20.0. The van der Waals surface area contributed by atoms with Gasteiger partial charge in [0.15, 0.2) is 23.1 Å².